The fourth-order valence-corrected chi connectivity index (χ4v) is 4.83. The van der Waals surface area contributed by atoms with Crippen LogP contribution in [-0.2, 0) is 0 Å². The molecule has 0 N–H and O–H groups in total. The molecule has 0 aliphatic heterocycles. The molecule has 15 heavy (non-hydrogen) atoms. The van der Waals surface area contributed by atoms with Gasteiger partial charge in [-0.05, 0) is 61.9 Å². The molecular weight excluding hydrogens is 219 g/mol. The van der Waals surface area contributed by atoms with Crippen molar-refractivity contribution < 1.29 is 0 Å². The van der Waals surface area contributed by atoms with Crippen LogP contribution in [0.5, 0.6) is 0 Å². The van der Waals surface area contributed by atoms with Crippen molar-refractivity contribution in [2.75, 3.05) is 0 Å². The van der Waals surface area contributed by atoms with E-state index in [1.165, 1.54) is 44.9 Å². The first kappa shape index (κ1) is 12.2. The van der Waals surface area contributed by atoms with Gasteiger partial charge in [0.1, 0.15) is 0 Å². The minimum atomic E-state index is 0.701. The molecule has 0 bridgehead atoms. The Morgan fingerprint density at radius 3 is 2.27 bits per heavy atom. The zero-order valence-electron chi connectivity index (χ0n) is 9.86. The van der Waals surface area contributed by atoms with Gasteiger partial charge in [-0.1, -0.05) is 13.3 Å². The van der Waals surface area contributed by atoms with E-state index in [0.717, 1.165) is 23.4 Å². The molecule has 0 heterocycles. The molecule has 4 unspecified atom stereocenters. The Morgan fingerprint density at radius 1 is 1.00 bits per heavy atom. The Kier molecular flexibility index (Phi) is 4.41. The molecule has 88 valence electrons. The van der Waals surface area contributed by atoms with Gasteiger partial charge in [-0.15, -0.1) is 9.24 Å². The molecule has 0 saturated heterocycles. The lowest BCUT2D eigenvalue weighted by Crippen LogP contribution is -2.32. The maximum atomic E-state index is 4.60. The Bertz CT molecular complexity index is 199. The van der Waals surface area contributed by atoms with Crippen LogP contribution in [0.4, 0.5) is 0 Å². The third kappa shape index (κ3) is 3.13. The zero-order chi connectivity index (χ0) is 10.8. The van der Waals surface area contributed by atoms with Crippen molar-refractivity contribution in [1.82, 2.24) is 0 Å². The summed E-state index contributed by atoms with van der Waals surface area (Å²) in [6, 6.07) is 0. The second kappa shape index (κ2) is 5.41. The summed E-state index contributed by atoms with van der Waals surface area (Å²) >= 11 is 4.60. The van der Waals surface area contributed by atoms with Crippen molar-refractivity contribution in [1.29, 1.82) is 0 Å². The molecule has 2 rings (SSSR count). The van der Waals surface area contributed by atoms with Crippen LogP contribution in [0.1, 0.15) is 51.9 Å². The number of hydrogen-bond donors (Lipinski definition) is 1. The highest BCUT2D eigenvalue weighted by molar-refractivity contribution is 7.80. The van der Waals surface area contributed by atoms with E-state index in [-0.39, 0.29) is 0 Å². The fraction of sp³-hybridized carbons (Fsp3) is 1.00. The minimum Gasteiger partial charge on any atom is -0.176 e. The van der Waals surface area contributed by atoms with Gasteiger partial charge >= 0.3 is 0 Å². The first-order valence-corrected chi connectivity index (χ1v) is 7.78. The Morgan fingerprint density at radius 2 is 1.67 bits per heavy atom. The van der Waals surface area contributed by atoms with Crippen LogP contribution < -0.4 is 0 Å². The van der Waals surface area contributed by atoms with Crippen LogP contribution in [0.15, 0.2) is 0 Å². The molecule has 4 atom stereocenters. The molecule has 0 aromatic carbocycles. The molecule has 0 amide bonds. The molecule has 2 saturated carbocycles. The summed E-state index contributed by atoms with van der Waals surface area (Å²) < 4.78 is 0. The van der Waals surface area contributed by atoms with Crippen molar-refractivity contribution in [3.8, 4) is 0 Å². The summed E-state index contributed by atoms with van der Waals surface area (Å²) in [6.45, 7) is 2.41. The second-order valence-corrected chi connectivity index (χ2v) is 7.40. The van der Waals surface area contributed by atoms with Gasteiger partial charge < -0.3 is 0 Å². The summed E-state index contributed by atoms with van der Waals surface area (Å²) in [5.41, 5.74) is 0.898. The highest BCUT2D eigenvalue weighted by Gasteiger charge is 2.33. The molecule has 0 spiro atoms. The van der Waals surface area contributed by atoms with E-state index in [4.69, 9.17) is 0 Å². The number of rotatable bonds is 1. The van der Waals surface area contributed by atoms with E-state index < -0.39 is 0 Å². The van der Waals surface area contributed by atoms with Gasteiger partial charge in [0, 0.05) is 5.25 Å². The van der Waals surface area contributed by atoms with E-state index in [9.17, 15) is 0 Å². The average molecular weight is 244 g/mol. The molecule has 0 aromatic heterocycles. The van der Waals surface area contributed by atoms with E-state index in [2.05, 4.69) is 28.8 Å². The summed E-state index contributed by atoms with van der Waals surface area (Å²) in [4.78, 5) is 0. The third-order valence-electron chi connectivity index (χ3n) is 4.56. The van der Waals surface area contributed by atoms with Gasteiger partial charge in [-0.3, -0.25) is 0 Å². The lowest BCUT2D eigenvalue weighted by molar-refractivity contribution is 0.182. The van der Waals surface area contributed by atoms with E-state index in [1.54, 1.807) is 0 Å². The van der Waals surface area contributed by atoms with E-state index in [0.29, 0.717) is 5.25 Å². The van der Waals surface area contributed by atoms with E-state index >= 15 is 0 Å². The standard InChI is InChI=1S/C13H25PS/c1-9-2-7-12(13(14)8-9)10-3-5-11(15)6-4-10/h9-13,15H,2-8,14H2,1H3. The topological polar surface area (TPSA) is 0 Å². The predicted octanol–water partition coefficient (Wildman–Crippen LogP) is 4.15. The fourth-order valence-electron chi connectivity index (χ4n) is 3.56. The van der Waals surface area contributed by atoms with Crippen LogP contribution in [0.25, 0.3) is 0 Å². The maximum absolute atomic E-state index is 4.60. The third-order valence-corrected chi connectivity index (χ3v) is 5.85. The van der Waals surface area contributed by atoms with Crippen LogP contribution in [-0.4, -0.2) is 10.9 Å². The molecule has 2 aliphatic rings. The quantitative estimate of drug-likeness (QED) is 0.520. The van der Waals surface area contributed by atoms with Gasteiger partial charge in [0.05, 0.1) is 0 Å². The highest BCUT2D eigenvalue weighted by Crippen LogP contribution is 2.43. The van der Waals surface area contributed by atoms with Crippen molar-refractivity contribution in [3.63, 3.8) is 0 Å². The van der Waals surface area contributed by atoms with Gasteiger partial charge in [0.25, 0.3) is 0 Å². The molecule has 0 aromatic rings. The average Bonchev–Trinajstić information content (AvgIpc) is 2.20. The minimum absolute atomic E-state index is 0.701. The Hall–Kier alpha value is 0.780. The summed E-state index contributed by atoms with van der Waals surface area (Å²) in [6.07, 6.45) is 9.99. The first-order valence-electron chi connectivity index (χ1n) is 6.60. The first-order chi connectivity index (χ1) is 7.16. The predicted molar refractivity (Wildman–Crippen MR) is 74.7 cm³/mol. The summed E-state index contributed by atoms with van der Waals surface area (Å²) in [5, 5.41) is 0.701. The summed E-state index contributed by atoms with van der Waals surface area (Å²) in [5.74, 6) is 2.99. The Balaban J connectivity index is 1.87. The largest absolute Gasteiger partial charge is 0.176 e. The van der Waals surface area contributed by atoms with Crippen LogP contribution in [0, 0.1) is 17.8 Å². The molecule has 0 nitrogen and oxygen atoms in total. The molecule has 0 radical (unpaired) electrons. The molecule has 2 aliphatic carbocycles. The normalized spacial score (nSPS) is 47.8. The highest BCUT2D eigenvalue weighted by atomic mass is 32.1. The van der Waals surface area contributed by atoms with E-state index in [1.807, 2.05) is 0 Å². The molecule has 2 heteroatoms. The number of thiol groups is 1. The lowest BCUT2D eigenvalue weighted by Gasteiger charge is -2.40. The van der Waals surface area contributed by atoms with Crippen LogP contribution >= 0.6 is 21.9 Å². The van der Waals surface area contributed by atoms with Crippen molar-refractivity contribution >= 4 is 21.9 Å². The van der Waals surface area contributed by atoms with Crippen molar-refractivity contribution in [3.05, 3.63) is 0 Å². The zero-order valence-corrected chi connectivity index (χ0v) is 11.9. The lowest BCUT2D eigenvalue weighted by atomic mass is 9.71. The van der Waals surface area contributed by atoms with Crippen molar-refractivity contribution in [2.24, 2.45) is 17.8 Å². The maximum Gasteiger partial charge on any atom is 0.00170 e. The van der Waals surface area contributed by atoms with Gasteiger partial charge in [-0.2, -0.15) is 12.6 Å². The molecular formula is C13H25PS. The molecule has 2 fully saturated rings. The second-order valence-electron chi connectivity index (χ2n) is 5.81. The van der Waals surface area contributed by atoms with Gasteiger partial charge in [0.15, 0.2) is 0 Å². The van der Waals surface area contributed by atoms with Gasteiger partial charge in [0.2, 0.25) is 0 Å². The smallest absolute Gasteiger partial charge is 0.00170 e. The summed E-state index contributed by atoms with van der Waals surface area (Å²) in [7, 11) is 3.13. The monoisotopic (exact) mass is 244 g/mol. The number of hydrogen-bond acceptors (Lipinski definition) is 1. The van der Waals surface area contributed by atoms with Crippen LogP contribution in [0.2, 0.25) is 0 Å². The SMILES string of the molecule is CC1CCC(C2CCC(S)CC2)C(P)C1. The van der Waals surface area contributed by atoms with Crippen molar-refractivity contribution in [2.45, 2.75) is 62.8 Å². The van der Waals surface area contributed by atoms with Gasteiger partial charge in [-0.25, -0.2) is 0 Å². The Labute approximate surface area is 103 Å². The van der Waals surface area contributed by atoms with Crippen LogP contribution in [0.3, 0.4) is 0 Å².